The fourth-order valence-electron chi connectivity index (χ4n) is 2.14. The molecule has 20 heavy (non-hydrogen) atoms. The van der Waals surface area contributed by atoms with Crippen LogP contribution in [-0.4, -0.2) is 50.2 Å². The largest absolute Gasteiger partial charge is 0.471 e. The van der Waals surface area contributed by atoms with Crippen molar-refractivity contribution in [2.24, 2.45) is 0 Å². The number of likely N-dealkylation sites (tertiary alicyclic amines) is 1. The molecule has 0 spiro atoms. The zero-order valence-electron chi connectivity index (χ0n) is 10.4. The Balaban J connectivity index is 1.85. The minimum absolute atomic E-state index is 0.231. The molecular formula is C12H11ClN4O3. The zero-order valence-corrected chi connectivity index (χ0v) is 11.1. The summed E-state index contributed by atoms with van der Waals surface area (Å²) in [4.78, 5) is 24.5. The lowest BCUT2D eigenvalue weighted by molar-refractivity contribution is 0.145. The lowest BCUT2D eigenvalue weighted by atomic mass is 10.3. The molecule has 0 aromatic carbocycles. The number of pyridine rings is 1. The SMILES string of the molecule is O=C(O)N1CCC(Oc2ncnc3ccc(Cl)nc23)C1. The third-order valence-electron chi connectivity index (χ3n) is 3.11. The smallest absolute Gasteiger partial charge is 0.407 e. The molecular weight excluding hydrogens is 284 g/mol. The van der Waals surface area contributed by atoms with Crippen LogP contribution < -0.4 is 4.74 Å². The van der Waals surface area contributed by atoms with Crippen molar-refractivity contribution in [3.05, 3.63) is 23.6 Å². The normalized spacial score (nSPS) is 18.4. The Morgan fingerprint density at radius 1 is 1.45 bits per heavy atom. The molecule has 104 valence electrons. The Morgan fingerprint density at radius 3 is 3.05 bits per heavy atom. The highest BCUT2D eigenvalue weighted by molar-refractivity contribution is 6.29. The predicted molar refractivity (Wildman–Crippen MR) is 71.0 cm³/mol. The fourth-order valence-corrected chi connectivity index (χ4v) is 2.28. The average molecular weight is 295 g/mol. The molecule has 1 fully saturated rings. The van der Waals surface area contributed by atoms with E-state index in [1.54, 1.807) is 12.1 Å². The van der Waals surface area contributed by atoms with E-state index in [1.807, 2.05) is 0 Å². The third-order valence-corrected chi connectivity index (χ3v) is 3.32. The van der Waals surface area contributed by atoms with Gasteiger partial charge in [0.25, 0.3) is 0 Å². The van der Waals surface area contributed by atoms with Gasteiger partial charge >= 0.3 is 6.09 Å². The number of rotatable bonds is 2. The van der Waals surface area contributed by atoms with E-state index < -0.39 is 6.09 Å². The summed E-state index contributed by atoms with van der Waals surface area (Å²) >= 11 is 5.86. The van der Waals surface area contributed by atoms with Crippen LogP contribution in [0.5, 0.6) is 5.88 Å². The van der Waals surface area contributed by atoms with E-state index >= 15 is 0 Å². The second-order valence-corrected chi connectivity index (χ2v) is 4.82. The Morgan fingerprint density at radius 2 is 2.30 bits per heavy atom. The molecule has 1 aliphatic heterocycles. The highest BCUT2D eigenvalue weighted by atomic mass is 35.5. The molecule has 0 radical (unpaired) electrons. The standard InChI is InChI=1S/C12H11ClN4O3/c13-9-2-1-8-10(16-9)11(15-6-14-8)20-7-3-4-17(5-7)12(18)19/h1-2,6-7H,3-5H2,(H,18,19). The van der Waals surface area contributed by atoms with Gasteiger partial charge in [0.15, 0.2) is 5.52 Å². The van der Waals surface area contributed by atoms with E-state index in [0.717, 1.165) is 0 Å². The van der Waals surface area contributed by atoms with Crippen molar-refractivity contribution in [1.29, 1.82) is 0 Å². The van der Waals surface area contributed by atoms with E-state index in [4.69, 9.17) is 21.4 Å². The van der Waals surface area contributed by atoms with Crippen LogP contribution in [0.25, 0.3) is 11.0 Å². The van der Waals surface area contributed by atoms with Gasteiger partial charge in [0.1, 0.15) is 17.6 Å². The van der Waals surface area contributed by atoms with Crippen molar-refractivity contribution in [2.75, 3.05) is 13.1 Å². The van der Waals surface area contributed by atoms with E-state index in [2.05, 4.69) is 15.0 Å². The molecule has 7 nitrogen and oxygen atoms in total. The second-order valence-electron chi connectivity index (χ2n) is 4.44. The molecule has 1 aliphatic rings. The number of hydrogen-bond donors (Lipinski definition) is 1. The molecule has 1 N–H and O–H groups in total. The van der Waals surface area contributed by atoms with Gasteiger partial charge in [-0.1, -0.05) is 11.6 Å². The molecule has 2 aromatic rings. The molecule has 0 saturated carbocycles. The molecule has 1 unspecified atom stereocenters. The van der Waals surface area contributed by atoms with Gasteiger partial charge in [-0.05, 0) is 12.1 Å². The van der Waals surface area contributed by atoms with Gasteiger partial charge in [-0.2, -0.15) is 4.98 Å². The Kier molecular flexibility index (Phi) is 3.27. The van der Waals surface area contributed by atoms with Crippen LogP contribution in [0.15, 0.2) is 18.5 Å². The number of carboxylic acid groups (broad SMARTS) is 1. The van der Waals surface area contributed by atoms with Crippen LogP contribution in [0.2, 0.25) is 5.15 Å². The van der Waals surface area contributed by atoms with E-state index in [-0.39, 0.29) is 6.10 Å². The maximum atomic E-state index is 10.9. The first-order chi connectivity index (χ1) is 9.63. The van der Waals surface area contributed by atoms with Crippen LogP contribution in [0.3, 0.4) is 0 Å². The highest BCUT2D eigenvalue weighted by Gasteiger charge is 2.28. The molecule has 1 amide bonds. The molecule has 1 saturated heterocycles. The first kappa shape index (κ1) is 12.9. The summed E-state index contributed by atoms with van der Waals surface area (Å²) in [5, 5.41) is 9.25. The Labute approximate surface area is 119 Å². The average Bonchev–Trinajstić information content (AvgIpc) is 2.88. The minimum atomic E-state index is -0.940. The van der Waals surface area contributed by atoms with Gasteiger partial charge in [-0.25, -0.2) is 14.8 Å². The molecule has 3 rings (SSSR count). The van der Waals surface area contributed by atoms with Crippen molar-refractivity contribution in [1.82, 2.24) is 19.9 Å². The van der Waals surface area contributed by atoms with Crippen molar-refractivity contribution < 1.29 is 14.6 Å². The maximum absolute atomic E-state index is 10.9. The lowest BCUT2D eigenvalue weighted by Gasteiger charge is -2.14. The van der Waals surface area contributed by atoms with E-state index in [1.165, 1.54) is 11.2 Å². The summed E-state index contributed by atoms with van der Waals surface area (Å²) in [7, 11) is 0. The first-order valence-electron chi connectivity index (χ1n) is 6.05. The number of carbonyl (C=O) groups is 1. The van der Waals surface area contributed by atoms with Crippen LogP contribution in [0.1, 0.15) is 6.42 Å². The van der Waals surface area contributed by atoms with E-state index in [9.17, 15) is 4.79 Å². The highest BCUT2D eigenvalue weighted by Crippen LogP contribution is 2.24. The van der Waals surface area contributed by atoms with Gasteiger partial charge in [0, 0.05) is 13.0 Å². The van der Waals surface area contributed by atoms with Crippen molar-refractivity contribution in [2.45, 2.75) is 12.5 Å². The molecule has 3 heterocycles. The summed E-state index contributed by atoms with van der Waals surface area (Å²) in [5.74, 6) is 0.328. The third kappa shape index (κ3) is 2.44. The van der Waals surface area contributed by atoms with Gasteiger partial charge < -0.3 is 14.7 Å². The minimum Gasteiger partial charge on any atom is -0.471 e. The topological polar surface area (TPSA) is 88.4 Å². The quantitative estimate of drug-likeness (QED) is 0.850. The van der Waals surface area contributed by atoms with Crippen molar-refractivity contribution >= 4 is 28.7 Å². The number of nitrogens with zero attached hydrogens (tertiary/aromatic N) is 4. The van der Waals surface area contributed by atoms with Crippen LogP contribution in [-0.2, 0) is 0 Å². The Hall–Kier alpha value is -2.15. The van der Waals surface area contributed by atoms with Crippen molar-refractivity contribution in [3.63, 3.8) is 0 Å². The maximum Gasteiger partial charge on any atom is 0.407 e. The summed E-state index contributed by atoms with van der Waals surface area (Å²) in [6.07, 6.45) is 0.838. The Bertz CT molecular complexity index is 666. The number of ether oxygens (including phenoxy) is 1. The first-order valence-corrected chi connectivity index (χ1v) is 6.43. The molecule has 2 aromatic heterocycles. The van der Waals surface area contributed by atoms with Crippen LogP contribution >= 0.6 is 11.6 Å². The van der Waals surface area contributed by atoms with Crippen molar-refractivity contribution in [3.8, 4) is 5.88 Å². The summed E-state index contributed by atoms with van der Waals surface area (Å²) in [5.41, 5.74) is 1.11. The predicted octanol–water partition coefficient (Wildman–Crippen LogP) is 1.81. The van der Waals surface area contributed by atoms with Gasteiger partial charge in [-0.3, -0.25) is 0 Å². The number of amides is 1. The van der Waals surface area contributed by atoms with Crippen LogP contribution in [0.4, 0.5) is 4.79 Å². The second kappa shape index (κ2) is 5.09. The molecule has 1 atom stereocenters. The number of fused-ring (bicyclic) bond motifs is 1. The summed E-state index contributed by atoms with van der Waals surface area (Å²) in [6, 6.07) is 3.37. The summed E-state index contributed by atoms with van der Waals surface area (Å²) < 4.78 is 5.75. The molecule has 8 heteroatoms. The zero-order chi connectivity index (χ0) is 14.1. The molecule has 0 bridgehead atoms. The number of aromatic nitrogens is 3. The number of hydrogen-bond acceptors (Lipinski definition) is 5. The van der Waals surface area contributed by atoms with Gasteiger partial charge in [0.05, 0.1) is 12.1 Å². The summed E-state index contributed by atoms with van der Waals surface area (Å²) in [6.45, 7) is 0.776. The van der Waals surface area contributed by atoms with Gasteiger partial charge in [-0.15, -0.1) is 0 Å². The van der Waals surface area contributed by atoms with Crippen LogP contribution in [0, 0.1) is 0 Å². The lowest BCUT2D eigenvalue weighted by Crippen LogP contribution is -2.29. The monoisotopic (exact) mass is 294 g/mol. The fraction of sp³-hybridized carbons (Fsp3) is 0.333. The number of halogens is 1. The van der Waals surface area contributed by atoms with Gasteiger partial charge in [0.2, 0.25) is 5.88 Å². The van der Waals surface area contributed by atoms with E-state index in [0.29, 0.717) is 41.6 Å². The molecule has 0 aliphatic carbocycles.